The molecule has 1 aliphatic heterocycles. The molecular formula is C24H18ClFN2O. The van der Waals surface area contributed by atoms with Crippen LogP contribution in [0.2, 0.25) is 5.02 Å². The molecule has 0 spiro atoms. The number of anilines is 1. The number of carbonyl (C=O) groups is 1. The van der Waals surface area contributed by atoms with Gasteiger partial charge in [-0.3, -0.25) is 4.79 Å². The van der Waals surface area contributed by atoms with E-state index in [1.54, 1.807) is 12.1 Å². The molecule has 3 nitrogen and oxygen atoms in total. The molecule has 144 valence electrons. The maximum atomic E-state index is 13.7. The quantitative estimate of drug-likeness (QED) is 0.449. The molecule has 0 bridgehead atoms. The van der Waals surface area contributed by atoms with E-state index in [0.717, 1.165) is 33.3 Å². The van der Waals surface area contributed by atoms with Crippen molar-refractivity contribution in [3.05, 3.63) is 100 Å². The molecule has 0 fully saturated rings. The highest BCUT2D eigenvalue weighted by Crippen LogP contribution is 2.42. The number of hydrogen-bond donors (Lipinski definition) is 1. The van der Waals surface area contributed by atoms with E-state index in [4.69, 9.17) is 11.6 Å². The summed E-state index contributed by atoms with van der Waals surface area (Å²) in [5, 5.41) is 4.70. The van der Waals surface area contributed by atoms with Gasteiger partial charge in [0, 0.05) is 35.5 Å². The fourth-order valence-corrected chi connectivity index (χ4v) is 4.52. The van der Waals surface area contributed by atoms with Crippen molar-refractivity contribution in [1.29, 1.82) is 0 Å². The predicted molar refractivity (Wildman–Crippen MR) is 114 cm³/mol. The van der Waals surface area contributed by atoms with Crippen LogP contribution in [0.5, 0.6) is 0 Å². The van der Waals surface area contributed by atoms with E-state index >= 15 is 0 Å². The molecule has 1 unspecified atom stereocenters. The van der Waals surface area contributed by atoms with Crippen molar-refractivity contribution in [3.8, 4) is 0 Å². The average molecular weight is 405 g/mol. The second kappa shape index (κ2) is 7.05. The first-order valence-electron chi connectivity index (χ1n) is 9.50. The summed E-state index contributed by atoms with van der Waals surface area (Å²) in [5.41, 5.74) is 4.68. The molecule has 2 heterocycles. The third-order valence-electron chi connectivity index (χ3n) is 5.50. The van der Waals surface area contributed by atoms with Crippen LogP contribution in [0.3, 0.4) is 0 Å². The van der Waals surface area contributed by atoms with Crippen LogP contribution in [0.15, 0.2) is 72.9 Å². The summed E-state index contributed by atoms with van der Waals surface area (Å²) < 4.78 is 15.8. The maximum Gasteiger partial charge on any atom is 0.225 e. The van der Waals surface area contributed by atoms with Crippen LogP contribution < -0.4 is 5.32 Å². The first-order chi connectivity index (χ1) is 14.1. The fraction of sp³-hybridized carbons (Fsp3) is 0.125. The number of rotatable bonds is 3. The van der Waals surface area contributed by atoms with E-state index < -0.39 is 0 Å². The highest BCUT2D eigenvalue weighted by atomic mass is 35.5. The minimum atomic E-state index is -0.248. The Balaban J connectivity index is 1.71. The average Bonchev–Trinajstić information content (AvgIpc) is 2.99. The second-order valence-electron chi connectivity index (χ2n) is 7.37. The van der Waals surface area contributed by atoms with Gasteiger partial charge in [-0.25, -0.2) is 4.39 Å². The fourth-order valence-electron chi connectivity index (χ4n) is 4.25. The first-order valence-corrected chi connectivity index (χ1v) is 9.88. The third-order valence-corrected chi connectivity index (χ3v) is 5.84. The van der Waals surface area contributed by atoms with Crippen molar-refractivity contribution in [1.82, 2.24) is 4.57 Å². The third kappa shape index (κ3) is 3.19. The highest BCUT2D eigenvalue weighted by Gasteiger charge is 2.28. The lowest BCUT2D eigenvalue weighted by Crippen LogP contribution is -2.14. The number of benzene rings is 3. The first kappa shape index (κ1) is 18.0. The van der Waals surface area contributed by atoms with Gasteiger partial charge < -0.3 is 9.88 Å². The molecule has 0 saturated heterocycles. The summed E-state index contributed by atoms with van der Waals surface area (Å²) in [7, 11) is 0. The van der Waals surface area contributed by atoms with Crippen LogP contribution in [-0.2, 0) is 11.3 Å². The van der Waals surface area contributed by atoms with Gasteiger partial charge in [0.05, 0.1) is 11.2 Å². The number of carbonyl (C=O) groups excluding carboxylic acids is 1. The second-order valence-corrected chi connectivity index (χ2v) is 7.78. The molecule has 1 aromatic heterocycles. The predicted octanol–water partition coefficient (Wildman–Crippen LogP) is 5.96. The van der Waals surface area contributed by atoms with Crippen LogP contribution in [-0.4, -0.2) is 10.5 Å². The van der Waals surface area contributed by atoms with E-state index in [2.05, 4.69) is 16.1 Å². The zero-order valence-corrected chi connectivity index (χ0v) is 16.3. The molecule has 4 aromatic rings. The Morgan fingerprint density at radius 3 is 2.69 bits per heavy atom. The van der Waals surface area contributed by atoms with Crippen molar-refractivity contribution >= 4 is 34.1 Å². The molecule has 1 aliphatic rings. The van der Waals surface area contributed by atoms with Gasteiger partial charge in [0.15, 0.2) is 0 Å². The lowest BCUT2D eigenvalue weighted by atomic mass is 9.88. The van der Waals surface area contributed by atoms with E-state index in [1.807, 2.05) is 48.5 Å². The van der Waals surface area contributed by atoms with Gasteiger partial charge in [0.1, 0.15) is 5.82 Å². The van der Waals surface area contributed by atoms with Gasteiger partial charge in [0.2, 0.25) is 5.91 Å². The zero-order chi connectivity index (χ0) is 20.0. The van der Waals surface area contributed by atoms with Gasteiger partial charge in [-0.05, 0) is 47.0 Å². The normalized spacial score (nSPS) is 15.9. The number of aromatic nitrogens is 1. The van der Waals surface area contributed by atoms with Crippen molar-refractivity contribution in [2.24, 2.45) is 0 Å². The number of amides is 1. The summed E-state index contributed by atoms with van der Waals surface area (Å²) in [5.74, 6) is -0.430. The lowest BCUT2D eigenvalue weighted by molar-refractivity contribution is -0.116. The molecule has 0 aliphatic carbocycles. The highest BCUT2D eigenvalue weighted by molar-refractivity contribution is 6.31. The van der Waals surface area contributed by atoms with Crippen molar-refractivity contribution in [2.45, 2.75) is 18.9 Å². The van der Waals surface area contributed by atoms with Crippen molar-refractivity contribution < 1.29 is 9.18 Å². The molecule has 1 amide bonds. The van der Waals surface area contributed by atoms with Crippen LogP contribution in [0.1, 0.15) is 29.0 Å². The van der Waals surface area contributed by atoms with Crippen LogP contribution in [0.4, 0.5) is 10.1 Å². The summed E-state index contributed by atoms with van der Waals surface area (Å²) >= 11 is 6.49. The Morgan fingerprint density at radius 1 is 1.03 bits per heavy atom. The number of nitrogens with zero attached hydrogens (tertiary/aromatic N) is 1. The summed E-state index contributed by atoms with van der Waals surface area (Å²) in [4.78, 5) is 12.6. The van der Waals surface area contributed by atoms with Crippen molar-refractivity contribution in [3.63, 3.8) is 0 Å². The molecule has 29 heavy (non-hydrogen) atoms. The van der Waals surface area contributed by atoms with Crippen LogP contribution in [0, 0.1) is 5.82 Å². The lowest BCUT2D eigenvalue weighted by Gasteiger charge is -2.16. The number of nitrogens with one attached hydrogen (secondary N) is 1. The largest absolute Gasteiger partial charge is 0.343 e. The summed E-state index contributed by atoms with van der Waals surface area (Å²) in [6, 6.07) is 20.2. The Kier molecular flexibility index (Phi) is 4.36. The van der Waals surface area contributed by atoms with Gasteiger partial charge in [-0.2, -0.15) is 0 Å². The molecule has 5 heteroatoms. The molecular weight excluding hydrogens is 387 g/mol. The number of hydrogen-bond acceptors (Lipinski definition) is 1. The van der Waals surface area contributed by atoms with E-state index in [-0.39, 0.29) is 17.6 Å². The maximum absolute atomic E-state index is 13.7. The molecule has 3 aromatic carbocycles. The summed E-state index contributed by atoms with van der Waals surface area (Å²) in [6.45, 7) is 0.543. The van der Waals surface area contributed by atoms with Crippen molar-refractivity contribution in [2.75, 3.05) is 5.32 Å². The van der Waals surface area contributed by atoms with Gasteiger partial charge in [0.25, 0.3) is 0 Å². The van der Waals surface area contributed by atoms with E-state index in [9.17, 15) is 9.18 Å². The standard InChI is InChI=1S/C24H18ClFN2O/c25-20-8-2-1-7-17(20)18-12-23(29)27-21-9-4-10-22-24(21)19(18)14-28(22)13-15-5-3-6-16(26)11-15/h1-11,14,18H,12-13H2,(H,27,29). The summed E-state index contributed by atoms with van der Waals surface area (Å²) in [6.07, 6.45) is 2.39. The Hall–Kier alpha value is -3.11. The number of halogens is 2. The van der Waals surface area contributed by atoms with E-state index in [1.165, 1.54) is 6.07 Å². The minimum Gasteiger partial charge on any atom is -0.343 e. The minimum absolute atomic E-state index is 0.0321. The van der Waals surface area contributed by atoms with E-state index in [0.29, 0.717) is 18.0 Å². The zero-order valence-electron chi connectivity index (χ0n) is 15.5. The Labute approximate surface area is 172 Å². The molecule has 5 rings (SSSR count). The van der Waals surface area contributed by atoms with Crippen LogP contribution in [0.25, 0.3) is 10.9 Å². The van der Waals surface area contributed by atoms with Gasteiger partial charge in [-0.1, -0.05) is 48.0 Å². The molecule has 1 N–H and O–H groups in total. The monoisotopic (exact) mass is 404 g/mol. The Morgan fingerprint density at radius 2 is 1.86 bits per heavy atom. The molecule has 1 atom stereocenters. The Bertz CT molecular complexity index is 1250. The van der Waals surface area contributed by atoms with Gasteiger partial charge in [-0.15, -0.1) is 0 Å². The molecule has 0 saturated carbocycles. The van der Waals surface area contributed by atoms with Crippen LogP contribution >= 0.6 is 11.6 Å². The van der Waals surface area contributed by atoms with Gasteiger partial charge >= 0.3 is 0 Å². The topological polar surface area (TPSA) is 34.0 Å². The smallest absolute Gasteiger partial charge is 0.225 e. The molecule has 0 radical (unpaired) electrons. The SMILES string of the molecule is O=C1CC(c2ccccc2Cl)c2cn(Cc3cccc(F)c3)c3cccc(c23)N1.